The molecule has 1 aromatic heterocycles. The number of aromatic nitrogens is 2. The largest absolute Gasteiger partial charge is 0.377 e. The maximum atomic E-state index is 5.50. The van der Waals surface area contributed by atoms with Crippen molar-refractivity contribution >= 4 is 0 Å². The molecule has 0 saturated carbocycles. The summed E-state index contributed by atoms with van der Waals surface area (Å²) in [6, 6.07) is 2.14. The summed E-state index contributed by atoms with van der Waals surface area (Å²) in [4.78, 5) is 0. The number of hydrogen-bond donors (Lipinski definition) is 1. The lowest BCUT2D eigenvalue weighted by Crippen LogP contribution is -2.41. The summed E-state index contributed by atoms with van der Waals surface area (Å²) in [6.45, 7) is 7.11. The third kappa shape index (κ3) is 2.79. The fourth-order valence-electron chi connectivity index (χ4n) is 1.62. The van der Waals surface area contributed by atoms with Crippen molar-refractivity contribution in [1.29, 1.82) is 0 Å². The summed E-state index contributed by atoms with van der Waals surface area (Å²) in [6.07, 6.45) is 1.95. The van der Waals surface area contributed by atoms with Gasteiger partial charge in [0.25, 0.3) is 0 Å². The Morgan fingerprint density at radius 2 is 2.27 bits per heavy atom. The molecule has 0 radical (unpaired) electrons. The smallest absolute Gasteiger partial charge is 0.0832 e. The van der Waals surface area contributed by atoms with E-state index in [9.17, 15) is 0 Å². The molecule has 0 aromatic carbocycles. The molecule has 0 bridgehead atoms. The summed E-state index contributed by atoms with van der Waals surface area (Å²) in [5, 5.41) is 7.82. The zero-order chi connectivity index (χ0) is 11.5. The lowest BCUT2D eigenvalue weighted by Gasteiger charge is -2.32. The standard InChI is InChI=1S/C11H21N3O/c1-6-12-10(11(2,3)15-5)9-7-8-14(4)13-9/h7-8,10,12H,6H2,1-5H3. The van der Waals surface area contributed by atoms with Crippen molar-refractivity contribution in [3.8, 4) is 0 Å². The number of ether oxygens (including phenoxy) is 1. The molecule has 1 atom stereocenters. The maximum Gasteiger partial charge on any atom is 0.0832 e. The molecule has 1 N–H and O–H groups in total. The first-order valence-corrected chi connectivity index (χ1v) is 5.29. The van der Waals surface area contributed by atoms with Gasteiger partial charge in [0, 0.05) is 20.4 Å². The van der Waals surface area contributed by atoms with Crippen molar-refractivity contribution in [1.82, 2.24) is 15.1 Å². The van der Waals surface area contributed by atoms with E-state index in [4.69, 9.17) is 4.74 Å². The van der Waals surface area contributed by atoms with Crippen LogP contribution in [0.25, 0.3) is 0 Å². The Morgan fingerprint density at radius 1 is 1.60 bits per heavy atom. The monoisotopic (exact) mass is 211 g/mol. The molecule has 1 heterocycles. The predicted octanol–water partition coefficient (Wildman–Crippen LogP) is 1.50. The van der Waals surface area contributed by atoms with E-state index in [-0.39, 0.29) is 11.6 Å². The van der Waals surface area contributed by atoms with Gasteiger partial charge in [-0.15, -0.1) is 0 Å². The fourth-order valence-corrected chi connectivity index (χ4v) is 1.62. The van der Waals surface area contributed by atoms with Crippen LogP contribution in [0.2, 0.25) is 0 Å². The highest BCUT2D eigenvalue weighted by Gasteiger charge is 2.31. The first kappa shape index (κ1) is 12.2. The quantitative estimate of drug-likeness (QED) is 0.802. The lowest BCUT2D eigenvalue weighted by molar-refractivity contribution is -0.0119. The van der Waals surface area contributed by atoms with E-state index in [1.54, 1.807) is 7.11 Å². The van der Waals surface area contributed by atoms with E-state index in [0.29, 0.717) is 0 Å². The minimum atomic E-state index is -0.260. The van der Waals surface area contributed by atoms with Gasteiger partial charge in [0.15, 0.2) is 0 Å². The number of nitrogens with one attached hydrogen (secondary N) is 1. The molecule has 0 amide bonds. The average molecular weight is 211 g/mol. The van der Waals surface area contributed by atoms with E-state index in [1.165, 1.54) is 0 Å². The lowest BCUT2D eigenvalue weighted by atomic mass is 9.95. The predicted molar refractivity (Wildman–Crippen MR) is 60.7 cm³/mol. The summed E-state index contributed by atoms with van der Waals surface area (Å²) >= 11 is 0. The third-order valence-electron chi connectivity index (χ3n) is 2.66. The molecule has 4 heteroatoms. The first-order valence-electron chi connectivity index (χ1n) is 5.29. The first-order chi connectivity index (χ1) is 7.01. The van der Waals surface area contributed by atoms with Crippen molar-refractivity contribution in [3.05, 3.63) is 18.0 Å². The van der Waals surface area contributed by atoms with Crippen LogP contribution in [0.3, 0.4) is 0 Å². The Morgan fingerprint density at radius 3 is 2.67 bits per heavy atom. The molecule has 0 aliphatic rings. The number of rotatable bonds is 5. The molecule has 1 rings (SSSR count). The molecule has 4 nitrogen and oxygen atoms in total. The molecule has 0 saturated heterocycles. The van der Waals surface area contributed by atoms with Crippen LogP contribution in [0.4, 0.5) is 0 Å². The van der Waals surface area contributed by atoms with E-state index in [1.807, 2.05) is 24.0 Å². The second kappa shape index (κ2) is 4.77. The molecular formula is C11H21N3O. The third-order valence-corrected chi connectivity index (χ3v) is 2.66. The molecule has 1 unspecified atom stereocenters. The molecule has 0 fully saturated rings. The number of nitrogens with zero attached hydrogens (tertiary/aromatic N) is 2. The Kier molecular flexibility index (Phi) is 3.88. The van der Waals surface area contributed by atoms with Crippen molar-refractivity contribution in [2.75, 3.05) is 13.7 Å². The minimum Gasteiger partial charge on any atom is -0.377 e. The highest BCUT2D eigenvalue weighted by Crippen LogP contribution is 2.26. The second-order valence-corrected chi connectivity index (χ2v) is 4.21. The Balaban J connectivity index is 2.92. The van der Waals surface area contributed by atoms with E-state index >= 15 is 0 Å². The van der Waals surface area contributed by atoms with E-state index in [0.717, 1.165) is 12.2 Å². The van der Waals surface area contributed by atoms with Gasteiger partial charge in [0.05, 0.1) is 17.3 Å². The van der Waals surface area contributed by atoms with Gasteiger partial charge in [0.1, 0.15) is 0 Å². The zero-order valence-corrected chi connectivity index (χ0v) is 10.2. The van der Waals surface area contributed by atoms with Crippen LogP contribution in [0.15, 0.2) is 12.3 Å². The molecule has 0 spiro atoms. The van der Waals surface area contributed by atoms with E-state index in [2.05, 4.69) is 31.2 Å². The Labute approximate surface area is 91.6 Å². The van der Waals surface area contributed by atoms with Gasteiger partial charge in [-0.05, 0) is 26.5 Å². The van der Waals surface area contributed by atoms with Gasteiger partial charge in [0.2, 0.25) is 0 Å². The Bertz CT molecular complexity index is 307. The van der Waals surface area contributed by atoms with Gasteiger partial charge < -0.3 is 10.1 Å². The fraction of sp³-hybridized carbons (Fsp3) is 0.727. The molecule has 15 heavy (non-hydrogen) atoms. The highest BCUT2D eigenvalue weighted by molar-refractivity contribution is 5.10. The van der Waals surface area contributed by atoms with Gasteiger partial charge in [-0.25, -0.2) is 0 Å². The molecule has 1 aromatic rings. The van der Waals surface area contributed by atoms with Crippen molar-refractivity contribution in [2.45, 2.75) is 32.4 Å². The van der Waals surface area contributed by atoms with Crippen molar-refractivity contribution < 1.29 is 4.74 Å². The van der Waals surface area contributed by atoms with Gasteiger partial charge in [-0.3, -0.25) is 4.68 Å². The highest BCUT2D eigenvalue weighted by atomic mass is 16.5. The molecule has 0 aliphatic heterocycles. The molecular weight excluding hydrogens is 190 g/mol. The van der Waals surface area contributed by atoms with Crippen LogP contribution >= 0.6 is 0 Å². The van der Waals surface area contributed by atoms with Crippen LogP contribution in [0.1, 0.15) is 32.5 Å². The summed E-state index contributed by atoms with van der Waals surface area (Å²) in [5.74, 6) is 0. The summed E-state index contributed by atoms with van der Waals surface area (Å²) < 4.78 is 7.32. The minimum absolute atomic E-state index is 0.119. The van der Waals surface area contributed by atoms with Gasteiger partial charge in [-0.2, -0.15) is 5.10 Å². The van der Waals surface area contributed by atoms with E-state index < -0.39 is 0 Å². The van der Waals surface area contributed by atoms with Crippen LogP contribution in [-0.2, 0) is 11.8 Å². The van der Waals surface area contributed by atoms with Crippen LogP contribution in [0, 0.1) is 0 Å². The van der Waals surface area contributed by atoms with Crippen LogP contribution in [-0.4, -0.2) is 29.0 Å². The van der Waals surface area contributed by atoms with Crippen molar-refractivity contribution in [2.24, 2.45) is 7.05 Å². The van der Waals surface area contributed by atoms with Crippen LogP contribution < -0.4 is 5.32 Å². The topological polar surface area (TPSA) is 39.1 Å². The molecule has 86 valence electrons. The number of methoxy groups -OCH3 is 1. The molecule has 0 aliphatic carbocycles. The SMILES string of the molecule is CCNC(c1ccn(C)n1)C(C)(C)OC. The number of hydrogen-bond acceptors (Lipinski definition) is 3. The number of aryl methyl sites for hydroxylation is 1. The normalized spacial score (nSPS) is 14.2. The second-order valence-electron chi connectivity index (χ2n) is 4.21. The zero-order valence-electron chi connectivity index (χ0n) is 10.2. The van der Waals surface area contributed by atoms with Crippen molar-refractivity contribution in [3.63, 3.8) is 0 Å². The summed E-state index contributed by atoms with van der Waals surface area (Å²) in [7, 11) is 3.65. The van der Waals surface area contributed by atoms with Crippen LogP contribution in [0.5, 0.6) is 0 Å². The number of likely N-dealkylation sites (N-methyl/N-ethyl adjacent to an activating group) is 1. The maximum absolute atomic E-state index is 5.50. The van der Waals surface area contributed by atoms with Gasteiger partial charge >= 0.3 is 0 Å². The Hall–Kier alpha value is -0.870. The average Bonchev–Trinajstić information content (AvgIpc) is 2.60. The van der Waals surface area contributed by atoms with Gasteiger partial charge in [-0.1, -0.05) is 6.92 Å². The summed E-state index contributed by atoms with van der Waals surface area (Å²) in [5.41, 5.74) is 0.760.